The Bertz CT molecular complexity index is 338. The molecular weight excluding hydrogens is 224 g/mol. The van der Waals surface area contributed by atoms with E-state index >= 15 is 0 Å². The van der Waals surface area contributed by atoms with E-state index in [1.165, 1.54) is 0 Å². The normalized spacial score (nSPS) is 12.4. The van der Waals surface area contributed by atoms with Gasteiger partial charge < -0.3 is 10.1 Å². The van der Waals surface area contributed by atoms with Crippen molar-refractivity contribution in [1.82, 2.24) is 10.3 Å². The zero-order valence-electron chi connectivity index (χ0n) is 9.95. The van der Waals surface area contributed by atoms with Crippen LogP contribution in [-0.2, 0) is 16.1 Å². The van der Waals surface area contributed by atoms with E-state index in [2.05, 4.69) is 10.3 Å². The number of nitrogens with zero attached hydrogens (tertiary/aromatic N) is 1. The van der Waals surface area contributed by atoms with Crippen molar-refractivity contribution in [2.24, 2.45) is 0 Å². The number of hydrogen-bond donors (Lipinski definition) is 1. The summed E-state index contributed by atoms with van der Waals surface area (Å²) in [5, 5.41) is 6.32. The van der Waals surface area contributed by atoms with Gasteiger partial charge in [-0.05, 0) is 20.8 Å². The summed E-state index contributed by atoms with van der Waals surface area (Å²) in [7, 11) is 0. The largest absolute Gasteiger partial charge is 0.466 e. The molecule has 1 aromatic heterocycles. The number of aromatic nitrogens is 1. The highest BCUT2D eigenvalue weighted by Gasteiger charge is 2.09. The first kappa shape index (κ1) is 13.1. The second-order valence-corrected chi connectivity index (χ2v) is 4.62. The summed E-state index contributed by atoms with van der Waals surface area (Å²) in [6.07, 6.45) is 0.401. The predicted molar refractivity (Wildman–Crippen MR) is 64.4 cm³/mol. The Morgan fingerprint density at radius 3 is 3.00 bits per heavy atom. The number of aryl methyl sites for hydroxylation is 1. The van der Waals surface area contributed by atoms with Crippen LogP contribution in [0.2, 0.25) is 0 Å². The number of carbonyl (C=O) groups is 1. The molecule has 0 saturated heterocycles. The standard InChI is InChI=1S/C11H18N2O2S/c1-4-15-11(14)5-8(2)12-6-10-13-9(3)7-16-10/h7-8,12H,4-6H2,1-3H3. The van der Waals surface area contributed by atoms with Crippen molar-refractivity contribution in [3.05, 3.63) is 16.1 Å². The lowest BCUT2D eigenvalue weighted by Crippen LogP contribution is -2.28. The SMILES string of the molecule is CCOC(=O)CC(C)NCc1nc(C)cs1. The third-order valence-corrected chi connectivity index (χ3v) is 3.01. The van der Waals surface area contributed by atoms with E-state index in [1.807, 2.05) is 26.2 Å². The Kier molecular flexibility index (Phi) is 5.42. The van der Waals surface area contributed by atoms with E-state index in [0.717, 1.165) is 10.7 Å². The molecule has 1 N–H and O–H groups in total. The Morgan fingerprint density at radius 2 is 2.44 bits per heavy atom. The Labute approximate surface area is 100 Å². The van der Waals surface area contributed by atoms with Gasteiger partial charge in [-0.2, -0.15) is 0 Å². The molecule has 0 aliphatic rings. The molecule has 16 heavy (non-hydrogen) atoms. The predicted octanol–water partition coefficient (Wildman–Crippen LogP) is 1.88. The van der Waals surface area contributed by atoms with E-state index in [4.69, 9.17) is 4.74 Å². The van der Waals surface area contributed by atoms with E-state index < -0.39 is 0 Å². The van der Waals surface area contributed by atoms with Crippen molar-refractivity contribution in [3.8, 4) is 0 Å². The van der Waals surface area contributed by atoms with Crippen molar-refractivity contribution in [1.29, 1.82) is 0 Å². The highest BCUT2D eigenvalue weighted by atomic mass is 32.1. The summed E-state index contributed by atoms with van der Waals surface area (Å²) in [6.45, 7) is 6.91. The molecule has 1 heterocycles. The van der Waals surface area contributed by atoms with E-state index in [9.17, 15) is 4.79 Å². The highest BCUT2D eigenvalue weighted by molar-refractivity contribution is 7.09. The molecule has 0 bridgehead atoms. The van der Waals surface area contributed by atoms with E-state index in [-0.39, 0.29) is 12.0 Å². The Hall–Kier alpha value is -0.940. The number of thiazole rings is 1. The van der Waals surface area contributed by atoms with E-state index in [1.54, 1.807) is 11.3 Å². The van der Waals surface area contributed by atoms with Gasteiger partial charge >= 0.3 is 5.97 Å². The molecule has 90 valence electrons. The van der Waals surface area contributed by atoms with Crippen molar-refractivity contribution in [3.63, 3.8) is 0 Å². The summed E-state index contributed by atoms with van der Waals surface area (Å²) in [4.78, 5) is 15.5. The second-order valence-electron chi connectivity index (χ2n) is 3.67. The third kappa shape index (κ3) is 4.72. The van der Waals surface area contributed by atoms with Crippen molar-refractivity contribution < 1.29 is 9.53 Å². The molecule has 1 unspecified atom stereocenters. The molecular formula is C11H18N2O2S. The molecule has 5 heteroatoms. The summed E-state index contributed by atoms with van der Waals surface area (Å²) >= 11 is 1.63. The number of rotatable bonds is 6. The maximum absolute atomic E-state index is 11.2. The van der Waals surface area contributed by atoms with Gasteiger partial charge in [-0.3, -0.25) is 4.79 Å². The van der Waals surface area contributed by atoms with E-state index in [0.29, 0.717) is 19.6 Å². The maximum Gasteiger partial charge on any atom is 0.307 e. The molecule has 0 saturated carbocycles. The van der Waals surface area contributed by atoms with Crippen LogP contribution in [0.4, 0.5) is 0 Å². The molecule has 0 aliphatic carbocycles. The molecule has 4 nitrogen and oxygen atoms in total. The van der Waals surface area contributed by atoms with Gasteiger partial charge in [0.15, 0.2) is 0 Å². The Balaban J connectivity index is 2.24. The summed E-state index contributed by atoms with van der Waals surface area (Å²) in [6, 6.07) is 0.114. The van der Waals surface area contributed by atoms with Crippen LogP contribution in [0.3, 0.4) is 0 Å². The fourth-order valence-electron chi connectivity index (χ4n) is 1.29. The van der Waals surface area contributed by atoms with Gasteiger partial charge in [0, 0.05) is 23.7 Å². The first-order chi connectivity index (χ1) is 7.61. The Morgan fingerprint density at radius 1 is 1.69 bits per heavy atom. The quantitative estimate of drug-likeness (QED) is 0.774. The average Bonchev–Trinajstić information content (AvgIpc) is 2.61. The van der Waals surface area contributed by atoms with Crippen LogP contribution in [-0.4, -0.2) is 23.6 Å². The molecule has 1 rings (SSSR count). The van der Waals surface area contributed by atoms with Gasteiger partial charge in [-0.1, -0.05) is 0 Å². The number of hydrogen-bond acceptors (Lipinski definition) is 5. The molecule has 0 aromatic carbocycles. The van der Waals surface area contributed by atoms with Crippen LogP contribution >= 0.6 is 11.3 Å². The molecule has 1 aromatic rings. The topological polar surface area (TPSA) is 51.2 Å². The lowest BCUT2D eigenvalue weighted by molar-refractivity contribution is -0.143. The number of ether oxygens (including phenoxy) is 1. The zero-order chi connectivity index (χ0) is 12.0. The molecule has 0 fully saturated rings. The monoisotopic (exact) mass is 242 g/mol. The van der Waals surface area contributed by atoms with Gasteiger partial charge in [-0.25, -0.2) is 4.98 Å². The number of esters is 1. The van der Waals surface area contributed by atoms with Crippen LogP contribution in [0.15, 0.2) is 5.38 Å². The maximum atomic E-state index is 11.2. The summed E-state index contributed by atoms with van der Waals surface area (Å²) < 4.78 is 4.88. The lowest BCUT2D eigenvalue weighted by atomic mass is 10.2. The fourth-order valence-corrected chi connectivity index (χ4v) is 2.01. The molecule has 0 radical (unpaired) electrons. The lowest BCUT2D eigenvalue weighted by Gasteiger charge is -2.11. The fraction of sp³-hybridized carbons (Fsp3) is 0.636. The minimum atomic E-state index is -0.155. The van der Waals surface area contributed by atoms with Crippen LogP contribution in [0.25, 0.3) is 0 Å². The van der Waals surface area contributed by atoms with Gasteiger partial charge in [0.2, 0.25) is 0 Å². The van der Waals surface area contributed by atoms with Crippen molar-refractivity contribution in [2.45, 2.75) is 39.8 Å². The number of nitrogens with one attached hydrogen (secondary N) is 1. The minimum Gasteiger partial charge on any atom is -0.466 e. The summed E-state index contributed by atoms with van der Waals surface area (Å²) in [5.41, 5.74) is 1.04. The molecule has 0 aliphatic heterocycles. The first-order valence-corrected chi connectivity index (χ1v) is 6.29. The first-order valence-electron chi connectivity index (χ1n) is 5.41. The molecule has 0 spiro atoms. The second kappa shape index (κ2) is 6.60. The number of carbonyl (C=O) groups excluding carboxylic acids is 1. The minimum absolute atomic E-state index is 0.114. The molecule has 1 atom stereocenters. The highest BCUT2D eigenvalue weighted by Crippen LogP contribution is 2.08. The van der Waals surface area contributed by atoms with Gasteiger partial charge in [-0.15, -0.1) is 11.3 Å². The zero-order valence-corrected chi connectivity index (χ0v) is 10.8. The summed E-state index contributed by atoms with van der Waals surface area (Å²) in [5.74, 6) is -0.155. The van der Waals surface area contributed by atoms with Crippen LogP contribution in [0, 0.1) is 6.92 Å². The van der Waals surface area contributed by atoms with Gasteiger partial charge in [0.05, 0.1) is 13.0 Å². The van der Waals surface area contributed by atoms with Gasteiger partial charge in [0.25, 0.3) is 0 Å². The average molecular weight is 242 g/mol. The molecule has 0 amide bonds. The van der Waals surface area contributed by atoms with Crippen molar-refractivity contribution in [2.75, 3.05) is 6.61 Å². The van der Waals surface area contributed by atoms with Crippen LogP contribution < -0.4 is 5.32 Å². The van der Waals surface area contributed by atoms with Gasteiger partial charge in [0.1, 0.15) is 5.01 Å². The smallest absolute Gasteiger partial charge is 0.307 e. The third-order valence-electron chi connectivity index (χ3n) is 2.05. The van der Waals surface area contributed by atoms with Crippen LogP contribution in [0.5, 0.6) is 0 Å². The van der Waals surface area contributed by atoms with Crippen LogP contribution in [0.1, 0.15) is 31.0 Å². The van der Waals surface area contributed by atoms with Crippen molar-refractivity contribution >= 4 is 17.3 Å².